The zero-order chi connectivity index (χ0) is 36.0. The summed E-state index contributed by atoms with van der Waals surface area (Å²) in [4.78, 5) is 0. The van der Waals surface area contributed by atoms with Gasteiger partial charge >= 0.3 is 0 Å². The molecule has 0 radical (unpaired) electrons. The number of ether oxygens (including phenoxy) is 2. The molecule has 0 bridgehead atoms. The van der Waals surface area contributed by atoms with Crippen molar-refractivity contribution in [1.82, 2.24) is 0 Å². The van der Waals surface area contributed by atoms with Gasteiger partial charge in [0.05, 0.1) is 13.2 Å². The largest absolute Gasteiger partial charge is 0.345 e. The molecule has 0 spiro atoms. The smallest absolute Gasteiger partial charge is 0.201 e. The van der Waals surface area contributed by atoms with E-state index in [0.29, 0.717) is 0 Å². The van der Waals surface area contributed by atoms with Crippen LogP contribution < -0.4 is 0 Å². The second-order valence-corrected chi connectivity index (χ2v) is 15.3. The van der Waals surface area contributed by atoms with Crippen molar-refractivity contribution in [3.05, 3.63) is 95.1 Å². The van der Waals surface area contributed by atoms with E-state index < -0.39 is 5.79 Å². The first-order valence-corrected chi connectivity index (χ1v) is 21.1. The molecular weight excluding hydrogens is 609 g/mol. The monoisotopic (exact) mass is 687 g/mol. The molecule has 0 saturated carbocycles. The summed E-state index contributed by atoms with van der Waals surface area (Å²) in [5, 5.41) is 0. The fourth-order valence-electron chi connectivity index (χ4n) is 7.16. The summed E-state index contributed by atoms with van der Waals surface area (Å²) in [6.45, 7) is 12.6. The minimum atomic E-state index is -0.776. The van der Waals surface area contributed by atoms with Gasteiger partial charge in [-0.3, -0.25) is 0 Å². The first-order valence-electron chi connectivity index (χ1n) is 21.1. The molecule has 0 N–H and O–H groups in total. The Balaban J connectivity index is 2.09. The van der Waals surface area contributed by atoms with Crippen LogP contribution >= 0.6 is 0 Å². The van der Waals surface area contributed by atoms with Crippen LogP contribution in [0.15, 0.2) is 84.0 Å². The molecule has 1 atom stereocenters. The summed E-state index contributed by atoms with van der Waals surface area (Å²) >= 11 is 0. The van der Waals surface area contributed by atoms with Crippen LogP contribution in [0.1, 0.15) is 199 Å². The van der Waals surface area contributed by atoms with Crippen molar-refractivity contribution in [2.24, 2.45) is 0 Å². The van der Waals surface area contributed by atoms with Crippen molar-refractivity contribution in [3.8, 4) is 0 Å². The third-order valence-electron chi connectivity index (χ3n) is 10.1. The Hall–Kier alpha value is -2.16. The van der Waals surface area contributed by atoms with E-state index in [-0.39, 0.29) is 5.92 Å². The Bertz CT molecular complexity index is 1060. The number of allylic oxidation sites excluding steroid dienone is 4. The van der Waals surface area contributed by atoms with E-state index in [4.69, 9.17) is 9.47 Å². The molecule has 282 valence electrons. The first-order chi connectivity index (χ1) is 24.5. The predicted molar refractivity (Wildman–Crippen MR) is 220 cm³/mol. The minimum absolute atomic E-state index is 0.152. The molecule has 0 saturated heterocycles. The van der Waals surface area contributed by atoms with Crippen molar-refractivity contribution >= 4 is 0 Å². The molecule has 0 aromatic heterocycles. The molecule has 2 aromatic carbocycles. The molecule has 0 aliphatic heterocycles. The molecule has 0 heterocycles. The van der Waals surface area contributed by atoms with Crippen LogP contribution in [-0.4, -0.2) is 13.2 Å². The number of benzene rings is 2. The van der Waals surface area contributed by atoms with Crippen molar-refractivity contribution in [2.45, 2.75) is 194 Å². The normalized spacial score (nSPS) is 12.2. The van der Waals surface area contributed by atoms with Gasteiger partial charge in [0.25, 0.3) is 0 Å². The van der Waals surface area contributed by atoms with Crippen LogP contribution in [0.4, 0.5) is 0 Å². The number of rotatable bonds is 32. The van der Waals surface area contributed by atoms with Gasteiger partial charge in [-0.2, -0.15) is 0 Å². The van der Waals surface area contributed by atoms with Gasteiger partial charge in [0.1, 0.15) is 0 Å². The third-order valence-corrected chi connectivity index (χ3v) is 10.1. The quantitative estimate of drug-likeness (QED) is 0.0433. The first kappa shape index (κ1) is 44.0. The molecule has 0 aliphatic carbocycles. The highest BCUT2D eigenvalue weighted by atomic mass is 16.7. The maximum atomic E-state index is 7.18. The van der Waals surface area contributed by atoms with Crippen molar-refractivity contribution in [3.63, 3.8) is 0 Å². The van der Waals surface area contributed by atoms with Crippen LogP contribution in [0.5, 0.6) is 0 Å². The van der Waals surface area contributed by atoms with Gasteiger partial charge in [-0.1, -0.05) is 194 Å². The second-order valence-electron chi connectivity index (χ2n) is 15.3. The molecule has 2 aromatic rings. The Morgan fingerprint density at radius 1 is 0.500 bits per heavy atom. The maximum absolute atomic E-state index is 7.18. The van der Waals surface area contributed by atoms with Crippen molar-refractivity contribution in [1.29, 1.82) is 0 Å². The number of hydrogen-bond acceptors (Lipinski definition) is 2. The SMILES string of the molecule is CCCCCCCCC(c1ccccc1)C(OCCCCCCCCCC=C(C)C)(OCCCCCCCCCC=C(C)C)c1ccccc1. The highest BCUT2D eigenvalue weighted by Gasteiger charge is 2.43. The lowest BCUT2D eigenvalue weighted by Crippen LogP contribution is -2.40. The highest BCUT2D eigenvalue weighted by molar-refractivity contribution is 5.30. The van der Waals surface area contributed by atoms with E-state index in [2.05, 4.69) is 107 Å². The summed E-state index contributed by atoms with van der Waals surface area (Å²) < 4.78 is 14.4. The standard InChI is InChI=1S/C48H78O2/c1-6-7-8-9-20-31-40-47(45-36-27-23-28-37-45)48(46-38-29-24-30-39-46,49-41-32-21-16-12-10-14-18-25-34-43(2)3)50-42-33-22-17-13-11-15-19-26-35-44(4)5/h23-24,27-30,34-39,47H,6-22,25-26,31-33,40-42H2,1-5H3. The van der Waals surface area contributed by atoms with Crippen LogP contribution in [0.3, 0.4) is 0 Å². The molecule has 0 aliphatic rings. The lowest BCUT2D eigenvalue weighted by atomic mass is 9.81. The Morgan fingerprint density at radius 2 is 0.900 bits per heavy atom. The Labute approximate surface area is 310 Å². The van der Waals surface area contributed by atoms with Gasteiger partial charge in [-0.25, -0.2) is 0 Å². The molecular formula is C48H78O2. The van der Waals surface area contributed by atoms with Crippen LogP contribution in [0.25, 0.3) is 0 Å². The van der Waals surface area contributed by atoms with Gasteiger partial charge in [0.15, 0.2) is 0 Å². The van der Waals surface area contributed by atoms with E-state index in [0.717, 1.165) is 32.5 Å². The Morgan fingerprint density at radius 3 is 1.36 bits per heavy atom. The summed E-state index contributed by atoms with van der Waals surface area (Å²) in [6, 6.07) is 22.1. The van der Waals surface area contributed by atoms with Gasteiger partial charge in [0.2, 0.25) is 5.79 Å². The van der Waals surface area contributed by atoms with E-state index >= 15 is 0 Å². The molecule has 2 heteroatoms. The predicted octanol–water partition coefficient (Wildman–Crippen LogP) is 15.6. The summed E-state index contributed by atoms with van der Waals surface area (Å²) in [6.07, 6.45) is 33.9. The summed E-state index contributed by atoms with van der Waals surface area (Å²) in [5.41, 5.74) is 5.40. The van der Waals surface area contributed by atoms with Crippen LogP contribution in [0, 0.1) is 0 Å². The van der Waals surface area contributed by atoms with Gasteiger partial charge < -0.3 is 9.47 Å². The molecule has 0 fully saturated rings. The van der Waals surface area contributed by atoms with Gasteiger partial charge in [-0.15, -0.1) is 0 Å². The van der Waals surface area contributed by atoms with E-state index in [1.165, 1.54) is 151 Å². The van der Waals surface area contributed by atoms with Crippen molar-refractivity contribution < 1.29 is 9.47 Å². The average molecular weight is 687 g/mol. The van der Waals surface area contributed by atoms with Crippen LogP contribution in [0.2, 0.25) is 0 Å². The molecule has 1 unspecified atom stereocenters. The van der Waals surface area contributed by atoms with Gasteiger partial charge in [0, 0.05) is 11.5 Å². The molecule has 50 heavy (non-hydrogen) atoms. The molecule has 2 nitrogen and oxygen atoms in total. The minimum Gasteiger partial charge on any atom is -0.345 e. The van der Waals surface area contributed by atoms with E-state index in [9.17, 15) is 0 Å². The molecule has 0 amide bonds. The summed E-state index contributed by atoms with van der Waals surface area (Å²) in [5.74, 6) is -0.624. The zero-order valence-electron chi connectivity index (χ0n) is 33.5. The van der Waals surface area contributed by atoms with Gasteiger partial charge in [-0.05, 0) is 78.2 Å². The lowest BCUT2D eigenvalue weighted by Gasteiger charge is -2.41. The average Bonchev–Trinajstić information content (AvgIpc) is 3.12. The fourth-order valence-corrected chi connectivity index (χ4v) is 7.16. The second kappa shape index (κ2) is 29.4. The lowest BCUT2D eigenvalue weighted by molar-refractivity contribution is -0.264. The maximum Gasteiger partial charge on any atom is 0.201 e. The van der Waals surface area contributed by atoms with E-state index in [1.807, 2.05) is 0 Å². The van der Waals surface area contributed by atoms with E-state index in [1.54, 1.807) is 0 Å². The Kier molecular flexibility index (Phi) is 25.9. The molecule has 2 rings (SSSR count). The van der Waals surface area contributed by atoms with Crippen LogP contribution in [-0.2, 0) is 15.3 Å². The highest BCUT2D eigenvalue weighted by Crippen LogP contribution is 2.45. The summed E-state index contributed by atoms with van der Waals surface area (Å²) in [7, 11) is 0. The fraction of sp³-hybridized carbons (Fsp3) is 0.667. The topological polar surface area (TPSA) is 18.5 Å². The third kappa shape index (κ3) is 20.0. The van der Waals surface area contributed by atoms with Crippen molar-refractivity contribution in [2.75, 3.05) is 13.2 Å². The number of unbranched alkanes of at least 4 members (excludes halogenated alkanes) is 19. The zero-order valence-corrected chi connectivity index (χ0v) is 33.5. The number of hydrogen-bond donors (Lipinski definition) is 0.